The molecule has 0 amide bonds. The number of nitrogens with one attached hydrogen (secondary N) is 3. The summed E-state index contributed by atoms with van der Waals surface area (Å²) in [5.74, 6) is 0. The number of fused-ring (bicyclic) bond motifs is 21. The number of furan rings is 1. The predicted molar refractivity (Wildman–Crippen MR) is 295 cm³/mol. The zero-order valence-corrected chi connectivity index (χ0v) is 38.3. The second-order valence-electron chi connectivity index (χ2n) is 19.3. The van der Waals surface area contributed by atoms with E-state index in [0.717, 1.165) is 61.1 Å². The van der Waals surface area contributed by atoms with Crippen LogP contribution < -0.4 is 5.32 Å². The molecule has 71 heavy (non-hydrogen) atoms. The standard InChI is InChI=1S/C67H41N3O/c1-6-22-54-52(18-1)62-56(35-33-49-46-16-4-9-25-59(46)69-64(49)62)67(54)55-23-7-2-19-53(55)63-57(67)36-34-50-47-32-29-41(38-60(47)70-65(50)63)40-13-11-14-42(37-40)44-15-3-8-24-58(44)68-43-30-27-39(28-31-43)45-20-12-21-51-48-17-5-10-26-61(48)71-66(45)51/h1-38,68-70H. The van der Waals surface area contributed by atoms with Crippen LogP contribution in [0, 0.1) is 0 Å². The molecule has 2 aliphatic rings. The van der Waals surface area contributed by atoms with E-state index in [4.69, 9.17) is 4.42 Å². The minimum atomic E-state index is -0.458. The normalized spacial score (nSPS) is 14.5. The second kappa shape index (κ2) is 14.3. The number of para-hydroxylation sites is 4. The number of hydrogen-bond acceptors (Lipinski definition) is 2. The van der Waals surface area contributed by atoms with E-state index in [1.165, 1.54) is 93.7 Å². The third kappa shape index (κ3) is 5.28. The van der Waals surface area contributed by atoms with E-state index < -0.39 is 5.41 Å². The zero-order chi connectivity index (χ0) is 46.4. The molecule has 2 aliphatic carbocycles. The number of H-pyrrole nitrogens is 2. The molecule has 0 saturated heterocycles. The first-order valence-corrected chi connectivity index (χ1v) is 24.5. The van der Waals surface area contributed by atoms with Crippen molar-refractivity contribution < 1.29 is 4.42 Å². The number of hydrogen-bond donors (Lipinski definition) is 3. The first kappa shape index (κ1) is 38.6. The number of rotatable bonds is 5. The van der Waals surface area contributed by atoms with Crippen LogP contribution in [0.1, 0.15) is 22.3 Å². The van der Waals surface area contributed by atoms with Gasteiger partial charge in [-0.3, -0.25) is 0 Å². The lowest BCUT2D eigenvalue weighted by Gasteiger charge is -2.30. The fourth-order valence-corrected chi connectivity index (χ4v) is 12.8. The van der Waals surface area contributed by atoms with Crippen LogP contribution in [0.2, 0.25) is 0 Å². The number of aromatic amines is 2. The highest BCUT2D eigenvalue weighted by Gasteiger charge is 2.52. The molecule has 16 rings (SSSR count). The van der Waals surface area contributed by atoms with Crippen LogP contribution in [-0.4, -0.2) is 9.97 Å². The topological polar surface area (TPSA) is 56.8 Å². The first-order chi connectivity index (χ1) is 35.2. The summed E-state index contributed by atoms with van der Waals surface area (Å²) in [4.78, 5) is 7.89. The second-order valence-corrected chi connectivity index (χ2v) is 19.3. The number of anilines is 2. The molecule has 0 radical (unpaired) electrons. The summed E-state index contributed by atoms with van der Waals surface area (Å²) in [6, 6.07) is 84.2. The van der Waals surface area contributed by atoms with Gasteiger partial charge in [-0.25, -0.2) is 0 Å². The molecule has 3 N–H and O–H groups in total. The molecule has 3 heterocycles. The van der Waals surface area contributed by atoms with Gasteiger partial charge in [-0.15, -0.1) is 0 Å². The van der Waals surface area contributed by atoms with Crippen molar-refractivity contribution in [2.75, 3.05) is 5.32 Å². The van der Waals surface area contributed by atoms with Gasteiger partial charge < -0.3 is 19.7 Å². The lowest BCUT2D eigenvalue weighted by Crippen LogP contribution is -2.25. The van der Waals surface area contributed by atoms with Crippen LogP contribution in [-0.2, 0) is 5.41 Å². The van der Waals surface area contributed by atoms with Crippen LogP contribution in [0.25, 0.3) is 121 Å². The molecular formula is C67H41N3O. The molecule has 0 saturated carbocycles. The summed E-state index contributed by atoms with van der Waals surface area (Å²) < 4.78 is 6.37. The van der Waals surface area contributed by atoms with Crippen molar-refractivity contribution in [3.8, 4) is 55.6 Å². The summed E-state index contributed by atoms with van der Waals surface area (Å²) in [5.41, 5.74) is 25.5. The Kier molecular flexibility index (Phi) is 7.79. The Labute approximate surface area is 408 Å². The van der Waals surface area contributed by atoms with Crippen molar-refractivity contribution in [3.05, 3.63) is 253 Å². The van der Waals surface area contributed by atoms with E-state index in [0.29, 0.717) is 0 Å². The maximum atomic E-state index is 6.37. The maximum Gasteiger partial charge on any atom is 0.143 e. The monoisotopic (exact) mass is 903 g/mol. The van der Waals surface area contributed by atoms with Crippen molar-refractivity contribution in [3.63, 3.8) is 0 Å². The zero-order valence-electron chi connectivity index (χ0n) is 38.3. The van der Waals surface area contributed by atoms with Crippen LogP contribution in [0.3, 0.4) is 0 Å². The molecule has 1 unspecified atom stereocenters. The van der Waals surface area contributed by atoms with Crippen molar-refractivity contribution in [1.82, 2.24) is 9.97 Å². The summed E-state index contributed by atoms with van der Waals surface area (Å²) >= 11 is 0. The highest BCUT2D eigenvalue weighted by atomic mass is 16.3. The third-order valence-corrected chi connectivity index (χ3v) is 15.8. The Morgan fingerprint density at radius 2 is 0.887 bits per heavy atom. The van der Waals surface area contributed by atoms with E-state index in [1.807, 2.05) is 12.1 Å². The Morgan fingerprint density at radius 3 is 1.66 bits per heavy atom. The largest absolute Gasteiger partial charge is 0.455 e. The van der Waals surface area contributed by atoms with Gasteiger partial charge in [-0.05, 0) is 98.1 Å². The molecule has 1 atom stereocenters. The molecule has 14 aromatic rings. The van der Waals surface area contributed by atoms with E-state index >= 15 is 0 Å². The quantitative estimate of drug-likeness (QED) is 0.161. The van der Waals surface area contributed by atoms with Gasteiger partial charge in [-0.2, -0.15) is 0 Å². The van der Waals surface area contributed by atoms with Gasteiger partial charge in [0.05, 0.1) is 16.4 Å². The van der Waals surface area contributed by atoms with Gasteiger partial charge in [-0.1, -0.05) is 188 Å². The smallest absolute Gasteiger partial charge is 0.143 e. The van der Waals surface area contributed by atoms with Gasteiger partial charge >= 0.3 is 0 Å². The SMILES string of the molecule is c1cc(-c2ccc3c(c2)[nH]c2c4c(ccc23)C2(c3ccccc3-c3c2ccc2c3[nH]c3ccccc32)c2ccccc2-4)cc(-c2ccccc2Nc2ccc(-c3cccc4c3oc3ccccc34)cc2)c1. The lowest BCUT2D eigenvalue weighted by molar-refractivity contribution is 0.670. The van der Waals surface area contributed by atoms with Crippen LogP contribution in [0.15, 0.2) is 235 Å². The van der Waals surface area contributed by atoms with Crippen molar-refractivity contribution in [2.45, 2.75) is 5.41 Å². The third-order valence-electron chi connectivity index (χ3n) is 15.8. The molecule has 1 spiro atoms. The molecule has 3 aromatic heterocycles. The molecule has 4 nitrogen and oxygen atoms in total. The summed E-state index contributed by atoms with van der Waals surface area (Å²) in [6.45, 7) is 0. The minimum Gasteiger partial charge on any atom is -0.455 e. The minimum absolute atomic E-state index is 0.458. The summed E-state index contributed by atoms with van der Waals surface area (Å²) in [5, 5.41) is 11.0. The fraction of sp³-hybridized carbons (Fsp3) is 0.0149. The lowest BCUT2D eigenvalue weighted by atomic mass is 9.70. The van der Waals surface area contributed by atoms with Gasteiger partial charge in [0.1, 0.15) is 11.2 Å². The van der Waals surface area contributed by atoms with Gasteiger partial charge in [0.2, 0.25) is 0 Å². The Balaban J connectivity index is 0.770. The predicted octanol–water partition coefficient (Wildman–Crippen LogP) is 17.9. The highest BCUT2D eigenvalue weighted by Crippen LogP contribution is 2.65. The molecule has 0 aliphatic heterocycles. The van der Waals surface area contributed by atoms with Crippen LogP contribution in [0.4, 0.5) is 11.4 Å². The van der Waals surface area contributed by atoms with Gasteiger partial charge in [0, 0.05) is 77.0 Å². The van der Waals surface area contributed by atoms with E-state index in [9.17, 15) is 0 Å². The molecule has 4 heteroatoms. The van der Waals surface area contributed by atoms with Gasteiger partial charge in [0.25, 0.3) is 0 Å². The molecule has 0 fully saturated rings. The summed E-state index contributed by atoms with van der Waals surface area (Å²) in [6.07, 6.45) is 0. The Hall–Kier alpha value is -9.38. The van der Waals surface area contributed by atoms with Crippen LogP contribution >= 0.6 is 0 Å². The summed E-state index contributed by atoms with van der Waals surface area (Å²) in [7, 11) is 0. The van der Waals surface area contributed by atoms with Gasteiger partial charge in [0.15, 0.2) is 0 Å². The van der Waals surface area contributed by atoms with E-state index in [1.54, 1.807) is 0 Å². The molecule has 0 bridgehead atoms. The van der Waals surface area contributed by atoms with Crippen LogP contribution in [0.5, 0.6) is 0 Å². The average Bonchev–Trinajstić information content (AvgIpc) is 4.24. The van der Waals surface area contributed by atoms with E-state index in [-0.39, 0.29) is 0 Å². The molecular weight excluding hydrogens is 863 g/mol. The highest BCUT2D eigenvalue weighted by molar-refractivity contribution is 6.18. The average molecular weight is 904 g/mol. The molecule has 330 valence electrons. The first-order valence-electron chi connectivity index (χ1n) is 24.5. The maximum absolute atomic E-state index is 6.37. The fourth-order valence-electron chi connectivity index (χ4n) is 12.8. The number of benzene rings is 11. The Morgan fingerprint density at radius 1 is 0.338 bits per heavy atom. The van der Waals surface area contributed by atoms with Crippen molar-refractivity contribution >= 4 is 76.9 Å². The Bertz CT molecular complexity index is 4570. The number of aromatic nitrogens is 2. The van der Waals surface area contributed by atoms with Crippen molar-refractivity contribution in [2.24, 2.45) is 0 Å². The van der Waals surface area contributed by atoms with E-state index in [2.05, 4.69) is 234 Å². The van der Waals surface area contributed by atoms with Crippen molar-refractivity contribution in [1.29, 1.82) is 0 Å². The molecule has 11 aromatic carbocycles.